The van der Waals surface area contributed by atoms with Gasteiger partial charge < -0.3 is 10.4 Å². The van der Waals surface area contributed by atoms with Gasteiger partial charge >= 0.3 is 0 Å². The molecule has 34 heavy (non-hydrogen) atoms. The summed E-state index contributed by atoms with van der Waals surface area (Å²) in [5.41, 5.74) is -1.58. The van der Waals surface area contributed by atoms with Crippen molar-refractivity contribution in [2.24, 2.45) is 16.7 Å². The predicted octanol–water partition coefficient (Wildman–Crippen LogP) is 2.06. The standard InChI is InChI=1S/C23H29FN4O5S/c1-22(2)14-9-10-23(22,3)18(27-34(4,32)33)19-26-16(17(29)21(31)28(19)12-14)20(30)25-11-13-5-7-15(24)8-6-13/h5-8,14,18,27,29H,9-12H2,1-4H3,(H,25,30). The van der Waals surface area contributed by atoms with E-state index in [0.29, 0.717) is 12.0 Å². The maximum absolute atomic E-state index is 13.2. The number of rotatable bonds is 5. The number of fused-ring (bicyclic) bond motifs is 3. The van der Waals surface area contributed by atoms with Crippen molar-refractivity contribution in [1.29, 1.82) is 0 Å². The molecule has 1 aliphatic heterocycles. The van der Waals surface area contributed by atoms with Crippen LogP contribution in [-0.4, -0.2) is 35.2 Å². The minimum atomic E-state index is -3.70. The van der Waals surface area contributed by atoms with E-state index in [0.717, 1.165) is 12.7 Å². The van der Waals surface area contributed by atoms with Crippen molar-refractivity contribution in [3.8, 4) is 5.75 Å². The topological polar surface area (TPSA) is 130 Å². The molecular weight excluding hydrogens is 463 g/mol. The first-order chi connectivity index (χ1) is 15.7. The van der Waals surface area contributed by atoms with Crippen LogP contribution in [0, 0.1) is 22.6 Å². The fourth-order valence-electron chi connectivity index (χ4n) is 5.35. The Hall–Kier alpha value is -2.79. The van der Waals surface area contributed by atoms with E-state index in [4.69, 9.17) is 0 Å². The Labute approximate surface area is 197 Å². The van der Waals surface area contributed by atoms with Gasteiger partial charge in [0.05, 0.1) is 12.3 Å². The van der Waals surface area contributed by atoms with Gasteiger partial charge in [-0.3, -0.25) is 14.2 Å². The summed E-state index contributed by atoms with van der Waals surface area (Å²) in [5, 5.41) is 13.2. The average molecular weight is 493 g/mol. The predicted molar refractivity (Wildman–Crippen MR) is 123 cm³/mol. The second-order valence-corrected chi connectivity index (χ2v) is 11.9. The van der Waals surface area contributed by atoms with E-state index in [1.54, 1.807) is 0 Å². The number of aromatic nitrogens is 2. The third-order valence-electron chi connectivity index (χ3n) is 7.89. The van der Waals surface area contributed by atoms with Crippen LogP contribution >= 0.6 is 0 Å². The van der Waals surface area contributed by atoms with E-state index in [2.05, 4.69) is 28.9 Å². The lowest BCUT2D eigenvalue weighted by Gasteiger charge is -2.44. The molecule has 1 fully saturated rings. The number of benzene rings is 1. The van der Waals surface area contributed by atoms with Gasteiger partial charge in [0.15, 0.2) is 5.69 Å². The molecule has 1 amide bonds. The highest BCUT2D eigenvalue weighted by atomic mass is 32.2. The van der Waals surface area contributed by atoms with E-state index in [1.807, 2.05) is 6.92 Å². The Morgan fingerprint density at radius 3 is 2.53 bits per heavy atom. The maximum Gasteiger partial charge on any atom is 0.296 e. The lowest BCUT2D eigenvalue weighted by molar-refractivity contribution is 0.0596. The number of nitrogens with zero attached hydrogens (tertiary/aromatic N) is 2. The number of hydrogen-bond donors (Lipinski definition) is 3. The van der Waals surface area contributed by atoms with Gasteiger partial charge in [-0.25, -0.2) is 22.5 Å². The molecule has 2 bridgehead atoms. The molecule has 3 atom stereocenters. The zero-order valence-electron chi connectivity index (χ0n) is 19.6. The number of halogens is 1. The lowest BCUT2D eigenvalue weighted by Crippen LogP contribution is -2.46. The highest BCUT2D eigenvalue weighted by molar-refractivity contribution is 7.88. The summed E-state index contributed by atoms with van der Waals surface area (Å²) in [5.74, 6) is -1.83. The van der Waals surface area contributed by atoms with Crippen molar-refractivity contribution in [2.45, 2.75) is 52.7 Å². The van der Waals surface area contributed by atoms with Crippen molar-refractivity contribution in [3.05, 3.63) is 57.5 Å². The lowest BCUT2D eigenvalue weighted by atomic mass is 9.62. The fraction of sp³-hybridized carbons (Fsp3) is 0.522. The summed E-state index contributed by atoms with van der Waals surface area (Å²) in [6.07, 6.45) is 2.54. The van der Waals surface area contributed by atoms with Crippen LogP contribution in [0.25, 0.3) is 0 Å². The molecule has 184 valence electrons. The number of nitrogens with one attached hydrogen (secondary N) is 2. The molecule has 3 unspecified atom stereocenters. The summed E-state index contributed by atoms with van der Waals surface area (Å²) in [6.45, 7) is 6.36. The molecule has 1 aromatic heterocycles. The molecule has 9 nitrogen and oxygen atoms in total. The fourth-order valence-corrected chi connectivity index (χ4v) is 6.14. The number of hydrogen-bond acceptors (Lipinski definition) is 6. The maximum atomic E-state index is 13.2. The third-order valence-corrected chi connectivity index (χ3v) is 8.56. The molecule has 0 spiro atoms. The molecule has 4 rings (SSSR count). The zero-order valence-corrected chi connectivity index (χ0v) is 20.4. The van der Waals surface area contributed by atoms with Crippen LogP contribution in [0.1, 0.15) is 61.5 Å². The van der Waals surface area contributed by atoms with Gasteiger partial charge in [0.1, 0.15) is 11.6 Å². The second-order valence-electron chi connectivity index (χ2n) is 10.1. The van der Waals surface area contributed by atoms with Crippen LogP contribution in [-0.2, 0) is 23.1 Å². The van der Waals surface area contributed by atoms with Gasteiger partial charge in [0.25, 0.3) is 11.5 Å². The van der Waals surface area contributed by atoms with Crippen LogP contribution in [0.3, 0.4) is 0 Å². The van der Waals surface area contributed by atoms with Crippen LogP contribution < -0.4 is 15.6 Å². The van der Waals surface area contributed by atoms with Crippen LogP contribution in [0.15, 0.2) is 29.1 Å². The van der Waals surface area contributed by atoms with Gasteiger partial charge in [0, 0.05) is 13.1 Å². The van der Waals surface area contributed by atoms with Crippen molar-refractivity contribution in [1.82, 2.24) is 19.6 Å². The molecule has 1 aliphatic carbocycles. The molecular formula is C23H29FN4O5S. The number of amides is 1. The first-order valence-electron chi connectivity index (χ1n) is 11.1. The monoisotopic (exact) mass is 492 g/mol. The molecule has 2 aliphatic rings. The SMILES string of the molecule is CC1(C)C2CCC1(C)C(NS(C)(=O)=O)c1nc(C(=O)NCc3ccc(F)cc3)c(O)c(=O)n1C2. The Bertz CT molecular complexity index is 1310. The van der Waals surface area contributed by atoms with Crippen LogP contribution in [0.5, 0.6) is 5.75 Å². The minimum absolute atomic E-state index is 0.0243. The van der Waals surface area contributed by atoms with Crippen molar-refractivity contribution < 1.29 is 22.7 Å². The van der Waals surface area contributed by atoms with E-state index < -0.39 is 50.2 Å². The highest BCUT2D eigenvalue weighted by Crippen LogP contribution is 2.63. The molecule has 11 heteroatoms. The first-order valence-corrected chi connectivity index (χ1v) is 13.0. The minimum Gasteiger partial charge on any atom is -0.501 e. The normalized spacial score (nSPS) is 25.4. The Balaban J connectivity index is 1.79. The van der Waals surface area contributed by atoms with E-state index in [1.165, 1.54) is 28.8 Å². The van der Waals surface area contributed by atoms with E-state index in [-0.39, 0.29) is 30.2 Å². The Morgan fingerprint density at radius 2 is 1.91 bits per heavy atom. The van der Waals surface area contributed by atoms with Crippen molar-refractivity contribution in [3.63, 3.8) is 0 Å². The van der Waals surface area contributed by atoms with Crippen LogP contribution in [0.2, 0.25) is 0 Å². The molecule has 1 aromatic carbocycles. The number of carbonyl (C=O) groups excluding carboxylic acids is 1. The molecule has 2 aromatic rings. The van der Waals surface area contributed by atoms with E-state index in [9.17, 15) is 27.5 Å². The van der Waals surface area contributed by atoms with E-state index >= 15 is 0 Å². The Kier molecular flexibility index (Phi) is 5.84. The van der Waals surface area contributed by atoms with Gasteiger partial charge in [0.2, 0.25) is 15.8 Å². The van der Waals surface area contributed by atoms with Crippen molar-refractivity contribution in [2.75, 3.05) is 6.26 Å². The average Bonchev–Trinajstić information content (AvgIpc) is 2.94. The summed E-state index contributed by atoms with van der Waals surface area (Å²) in [7, 11) is -3.70. The van der Waals surface area contributed by atoms with Gasteiger partial charge in [-0.1, -0.05) is 32.9 Å². The summed E-state index contributed by atoms with van der Waals surface area (Å²) in [4.78, 5) is 30.4. The van der Waals surface area contributed by atoms with Crippen LogP contribution in [0.4, 0.5) is 4.39 Å². The first kappa shape index (κ1) is 24.3. The molecule has 1 saturated carbocycles. The zero-order chi connectivity index (χ0) is 25.1. The number of carbonyl (C=O) groups is 1. The molecule has 0 saturated heterocycles. The Morgan fingerprint density at radius 1 is 1.26 bits per heavy atom. The number of sulfonamides is 1. The summed E-state index contributed by atoms with van der Waals surface area (Å²) < 4.78 is 41.7. The molecule has 0 radical (unpaired) electrons. The quantitative estimate of drug-likeness (QED) is 0.586. The van der Waals surface area contributed by atoms with Gasteiger partial charge in [-0.15, -0.1) is 0 Å². The van der Waals surface area contributed by atoms with Gasteiger partial charge in [-0.05, 0) is 47.3 Å². The third kappa shape index (κ3) is 4.00. The number of aromatic hydroxyl groups is 1. The second kappa shape index (κ2) is 8.16. The molecule has 2 heterocycles. The largest absolute Gasteiger partial charge is 0.501 e. The smallest absolute Gasteiger partial charge is 0.296 e. The molecule has 3 N–H and O–H groups in total. The highest BCUT2D eigenvalue weighted by Gasteiger charge is 2.59. The summed E-state index contributed by atoms with van der Waals surface area (Å²) in [6, 6.07) is 4.64. The van der Waals surface area contributed by atoms with Gasteiger partial charge in [-0.2, -0.15) is 0 Å². The summed E-state index contributed by atoms with van der Waals surface area (Å²) >= 11 is 0. The van der Waals surface area contributed by atoms with Crippen molar-refractivity contribution >= 4 is 15.9 Å².